The first-order valence-corrected chi connectivity index (χ1v) is 7.26. The van der Waals surface area contributed by atoms with Crippen molar-refractivity contribution in [1.29, 1.82) is 0 Å². The standard InChI is InChI=1S/C16H22N3/c1-4-16(5-2)9-11-19-15(12-13(3)17-19)14-8-6-7-10-18(14)16/h6-8,10,12H,4-5,9,11H2,1-3H3/q+1. The second kappa shape index (κ2) is 4.48. The molecule has 19 heavy (non-hydrogen) atoms. The van der Waals surface area contributed by atoms with Gasteiger partial charge in [0.2, 0.25) is 5.69 Å². The van der Waals surface area contributed by atoms with Gasteiger partial charge in [0.25, 0.3) is 0 Å². The number of aryl methyl sites for hydroxylation is 2. The quantitative estimate of drug-likeness (QED) is 0.757. The van der Waals surface area contributed by atoms with E-state index in [2.05, 4.69) is 65.6 Å². The van der Waals surface area contributed by atoms with Gasteiger partial charge in [0.15, 0.2) is 11.7 Å². The highest BCUT2D eigenvalue weighted by atomic mass is 15.3. The van der Waals surface area contributed by atoms with Crippen LogP contribution in [0.15, 0.2) is 30.5 Å². The number of hydrogen-bond acceptors (Lipinski definition) is 1. The molecular formula is C16H22N3+. The Kier molecular flexibility index (Phi) is 2.92. The van der Waals surface area contributed by atoms with E-state index >= 15 is 0 Å². The maximum Gasteiger partial charge on any atom is 0.231 e. The first-order chi connectivity index (χ1) is 9.20. The molecule has 100 valence electrons. The van der Waals surface area contributed by atoms with E-state index in [1.54, 1.807) is 0 Å². The Morgan fingerprint density at radius 3 is 2.84 bits per heavy atom. The summed E-state index contributed by atoms with van der Waals surface area (Å²) in [7, 11) is 0. The van der Waals surface area contributed by atoms with E-state index in [1.165, 1.54) is 11.4 Å². The summed E-state index contributed by atoms with van der Waals surface area (Å²) in [4.78, 5) is 0. The van der Waals surface area contributed by atoms with Gasteiger partial charge in [0, 0.05) is 37.9 Å². The predicted molar refractivity (Wildman–Crippen MR) is 75.8 cm³/mol. The summed E-state index contributed by atoms with van der Waals surface area (Å²) in [5.74, 6) is 0. The summed E-state index contributed by atoms with van der Waals surface area (Å²) in [6.07, 6.45) is 5.71. The van der Waals surface area contributed by atoms with E-state index < -0.39 is 0 Å². The molecule has 0 fully saturated rings. The minimum atomic E-state index is 0.227. The topological polar surface area (TPSA) is 21.7 Å². The van der Waals surface area contributed by atoms with Crippen molar-refractivity contribution < 1.29 is 4.57 Å². The van der Waals surface area contributed by atoms with Gasteiger partial charge in [-0.1, -0.05) is 13.8 Å². The van der Waals surface area contributed by atoms with Crippen LogP contribution in [0.25, 0.3) is 11.4 Å². The molecule has 0 bridgehead atoms. The molecule has 3 heteroatoms. The lowest BCUT2D eigenvalue weighted by molar-refractivity contribution is -0.757. The Morgan fingerprint density at radius 2 is 2.11 bits per heavy atom. The molecule has 0 aromatic carbocycles. The highest BCUT2D eigenvalue weighted by Crippen LogP contribution is 2.31. The third-order valence-electron chi connectivity index (χ3n) is 4.64. The smallest absolute Gasteiger partial charge is 0.231 e. The van der Waals surface area contributed by atoms with Crippen molar-refractivity contribution in [3.63, 3.8) is 0 Å². The molecule has 0 aliphatic carbocycles. The van der Waals surface area contributed by atoms with Crippen molar-refractivity contribution in [1.82, 2.24) is 9.78 Å². The Bertz CT molecular complexity index is 594. The van der Waals surface area contributed by atoms with Crippen LogP contribution in [0.2, 0.25) is 0 Å². The van der Waals surface area contributed by atoms with Crippen LogP contribution < -0.4 is 4.57 Å². The highest BCUT2D eigenvalue weighted by molar-refractivity contribution is 5.52. The summed E-state index contributed by atoms with van der Waals surface area (Å²) in [5, 5.41) is 4.65. The molecule has 0 radical (unpaired) electrons. The molecule has 0 spiro atoms. The fraction of sp³-hybridized carbons (Fsp3) is 0.500. The van der Waals surface area contributed by atoms with Gasteiger partial charge in [-0.15, -0.1) is 0 Å². The van der Waals surface area contributed by atoms with Gasteiger partial charge >= 0.3 is 0 Å². The van der Waals surface area contributed by atoms with Crippen molar-refractivity contribution in [2.75, 3.05) is 0 Å². The number of fused-ring (bicyclic) bond motifs is 3. The van der Waals surface area contributed by atoms with E-state index in [-0.39, 0.29) is 5.54 Å². The normalized spacial score (nSPS) is 16.6. The van der Waals surface area contributed by atoms with E-state index in [0.29, 0.717) is 0 Å². The molecule has 0 N–H and O–H groups in total. The maximum absolute atomic E-state index is 4.65. The molecule has 0 unspecified atom stereocenters. The number of rotatable bonds is 2. The summed E-state index contributed by atoms with van der Waals surface area (Å²) in [6, 6.07) is 8.69. The summed E-state index contributed by atoms with van der Waals surface area (Å²) >= 11 is 0. The molecule has 2 aromatic rings. The lowest BCUT2D eigenvalue weighted by Gasteiger charge is -2.25. The molecule has 3 rings (SSSR count). The Labute approximate surface area is 114 Å². The van der Waals surface area contributed by atoms with E-state index in [0.717, 1.165) is 31.5 Å². The van der Waals surface area contributed by atoms with Gasteiger partial charge in [0.1, 0.15) is 5.69 Å². The molecule has 0 amide bonds. The van der Waals surface area contributed by atoms with Crippen molar-refractivity contribution in [3.05, 3.63) is 36.2 Å². The zero-order valence-electron chi connectivity index (χ0n) is 12.1. The zero-order valence-corrected chi connectivity index (χ0v) is 12.1. The lowest BCUT2D eigenvalue weighted by atomic mass is 9.88. The van der Waals surface area contributed by atoms with Crippen LogP contribution in [-0.2, 0) is 12.1 Å². The average molecular weight is 256 g/mol. The minimum Gasteiger partial charge on any atom is -0.258 e. The third kappa shape index (κ3) is 1.79. The molecular weight excluding hydrogens is 234 g/mol. The predicted octanol–water partition coefficient (Wildman–Crippen LogP) is 3.07. The van der Waals surface area contributed by atoms with Crippen LogP contribution >= 0.6 is 0 Å². The second-order valence-corrected chi connectivity index (χ2v) is 5.53. The lowest BCUT2D eigenvalue weighted by Crippen LogP contribution is -2.56. The zero-order chi connectivity index (χ0) is 13.5. The Balaban J connectivity index is 2.26. The fourth-order valence-electron chi connectivity index (χ4n) is 3.37. The van der Waals surface area contributed by atoms with Gasteiger partial charge in [-0.3, -0.25) is 4.68 Å². The molecule has 3 heterocycles. The third-order valence-corrected chi connectivity index (χ3v) is 4.64. The van der Waals surface area contributed by atoms with Gasteiger partial charge in [-0.05, 0) is 19.1 Å². The van der Waals surface area contributed by atoms with Gasteiger partial charge in [-0.25, -0.2) is 0 Å². The fourth-order valence-corrected chi connectivity index (χ4v) is 3.37. The van der Waals surface area contributed by atoms with Crippen LogP contribution in [0.1, 0.15) is 38.8 Å². The average Bonchev–Trinajstić information content (AvgIpc) is 2.76. The van der Waals surface area contributed by atoms with Gasteiger partial charge in [0.05, 0.1) is 5.69 Å². The number of hydrogen-bond donors (Lipinski definition) is 0. The number of pyridine rings is 1. The van der Waals surface area contributed by atoms with Crippen LogP contribution in [-0.4, -0.2) is 9.78 Å². The number of aromatic nitrogens is 3. The molecule has 0 saturated heterocycles. The summed E-state index contributed by atoms with van der Waals surface area (Å²) in [5.41, 5.74) is 3.88. The van der Waals surface area contributed by atoms with E-state index in [4.69, 9.17) is 0 Å². The SMILES string of the molecule is CCC1(CC)CCn2nc(C)cc2-c2cccc[n+]21. The minimum absolute atomic E-state index is 0.227. The molecule has 1 aliphatic heterocycles. The summed E-state index contributed by atoms with van der Waals surface area (Å²) in [6.45, 7) is 7.67. The van der Waals surface area contributed by atoms with Crippen LogP contribution in [0.3, 0.4) is 0 Å². The maximum atomic E-state index is 4.65. The van der Waals surface area contributed by atoms with Crippen molar-refractivity contribution >= 4 is 0 Å². The van der Waals surface area contributed by atoms with Crippen molar-refractivity contribution in [3.8, 4) is 11.4 Å². The molecule has 0 saturated carbocycles. The van der Waals surface area contributed by atoms with E-state index in [9.17, 15) is 0 Å². The van der Waals surface area contributed by atoms with Crippen molar-refractivity contribution in [2.45, 2.75) is 52.1 Å². The molecule has 3 nitrogen and oxygen atoms in total. The van der Waals surface area contributed by atoms with Crippen LogP contribution in [0.5, 0.6) is 0 Å². The largest absolute Gasteiger partial charge is 0.258 e. The first-order valence-electron chi connectivity index (χ1n) is 7.26. The number of nitrogens with zero attached hydrogens (tertiary/aromatic N) is 3. The Hall–Kier alpha value is -1.64. The monoisotopic (exact) mass is 256 g/mol. The summed E-state index contributed by atoms with van der Waals surface area (Å²) < 4.78 is 4.65. The molecule has 1 aliphatic rings. The van der Waals surface area contributed by atoms with E-state index in [1.807, 2.05) is 0 Å². The van der Waals surface area contributed by atoms with Crippen LogP contribution in [0, 0.1) is 6.92 Å². The van der Waals surface area contributed by atoms with Gasteiger partial charge in [-0.2, -0.15) is 9.67 Å². The van der Waals surface area contributed by atoms with Gasteiger partial charge < -0.3 is 0 Å². The van der Waals surface area contributed by atoms with Crippen molar-refractivity contribution in [2.24, 2.45) is 0 Å². The molecule has 0 atom stereocenters. The highest BCUT2D eigenvalue weighted by Gasteiger charge is 2.41. The van der Waals surface area contributed by atoms with Crippen LogP contribution in [0.4, 0.5) is 0 Å². The molecule has 2 aromatic heterocycles. The Morgan fingerprint density at radius 1 is 1.32 bits per heavy atom. The second-order valence-electron chi connectivity index (χ2n) is 5.53. The first kappa shape index (κ1) is 12.4.